The van der Waals surface area contributed by atoms with Gasteiger partial charge in [-0.3, -0.25) is 0 Å². The highest BCUT2D eigenvalue weighted by atomic mass is 14.8. The van der Waals surface area contributed by atoms with Crippen molar-refractivity contribution in [3.05, 3.63) is 0 Å². The molecule has 2 atom stereocenters. The molecule has 1 saturated carbocycles. The molecule has 0 bridgehead atoms. The van der Waals surface area contributed by atoms with Crippen LogP contribution in [0.5, 0.6) is 0 Å². The predicted molar refractivity (Wildman–Crippen MR) is 72.5 cm³/mol. The van der Waals surface area contributed by atoms with Crippen molar-refractivity contribution >= 4 is 0 Å². The second kappa shape index (κ2) is 7.32. The summed E-state index contributed by atoms with van der Waals surface area (Å²) in [6.07, 6.45) is 15.0. The number of unbranched alkanes of at least 4 members (excludes halogenated alkanes) is 6. The maximum atomic E-state index is 6.41. The molecule has 0 spiro atoms. The largest absolute Gasteiger partial charge is 0.325 e. The van der Waals surface area contributed by atoms with E-state index < -0.39 is 0 Å². The molecule has 1 heteroatoms. The van der Waals surface area contributed by atoms with E-state index in [4.69, 9.17) is 5.73 Å². The Balaban J connectivity index is 1.94. The highest BCUT2D eigenvalue weighted by Gasteiger charge is 2.32. The molecule has 0 aromatic heterocycles. The Morgan fingerprint density at radius 2 is 1.69 bits per heavy atom. The van der Waals surface area contributed by atoms with Gasteiger partial charge in [0.2, 0.25) is 0 Å². The van der Waals surface area contributed by atoms with E-state index in [0.29, 0.717) is 0 Å². The first-order chi connectivity index (χ1) is 7.66. The van der Waals surface area contributed by atoms with E-state index in [2.05, 4.69) is 13.8 Å². The maximum Gasteiger partial charge on any atom is 0.0157 e. The third kappa shape index (κ3) is 5.34. The fourth-order valence-electron chi connectivity index (χ4n) is 3.09. The van der Waals surface area contributed by atoms with Crippen LogP contribution in [0.4, 0.5) is 0 Å². The van der Waals surface area contributed by atoms with Gasteiger partial charge < -0.3 is 5.73 Å². The summed E-state index contributed by atoms with van der Waals surface area (Å²) in [5.74, 6) is 0.870. The number of rotatable bonds is 8. The zero-order valence-electron chi connectivity index (χ0n) is 11.4. The van der Waals surface area contributed by atoms with Gasteiger partial charge in [0.25, 0.3) is 0 Å². The fraction of sp³-hybridized carbons (Fsp3) is 1.00. The lowest BCUT2D eigenvalue weighted by Crippen LogP contribution is -2.36. The average molecular weight is 225 g/mol. The normalized spacial score (nSPS) is 29.8. The summed E-state index contributed by atoms with van der Waals surface area (Å²) in [4.78, 5) is 0. The topological polar surface area (TPSA) is 26.0 Å². The quantitative estimate of drug-likeness (QED) is 0.598. The van der Waals surface area contributed by atoms with Crippen molar-refractivity contribution in [2.24, 2.45) is 11.7 Å². The van der Waals surface area contributed by atoms with Gasteiger partial charge in [0.05, 0.1) is 0 Å². The predicted octanol–water partition coefficient (Wildman–Crippen LogP) is 4.64. The van der Waals surface area contributed by atoms with E-state index >= 15 is 0 Å². The SMILES string of the molecule is CCCCCCCCCC1(N)CCC(C)C1. The van der Waals surface area contributed by atoms with Crippen LogP contribution in [0.2, 0.25) is 0 Å². The smallest absolute Gasteiger partial charge is 0.0157 e. The Labute approximate surface area is 102 Å². The van der Waals surface area contributed by atoms with Crippen molar-refractivity contribution in [1.29, 1.82) is 0 Å². The van der Waals surface area contributed by atoms with Gasteiger partial charge in [0.1, 0.15) is 0 Å². The molecule has 2 N–H and O–H groups in total. The zero-order valence-corrected chi connectivity index (χ0v) is 11.4. The van der Waals surface area contributed by atoms with E-state index in [-0.39, 0.29) is 5.54 Å². The zero-order chi connectivity index (χ0) is 11.9. The van der Waals surface area contributed by atoms with Crippen molar-refractivity contribution < 1.29 is 0 Å². The summed E-state index contributed by atoms with van der Waals surface area (Å²) in [5, 5.41) is 0. The summed E-state index contributed by atoms with van der Waals surface area (Å²) in [5.41, 5.74) is 6.62. The molecule has 2 unspecified atom stereocenters. The lowest BCUT2D eigenvalue weighted by Gasteiger charge is -2.23. The molecule has 0 radical (unpaired) electrons. The highest BCUT2D eigenvalue weighted by molar-refractivity contribution is 4.91. The van der Waals surface area contributed by atoms with E-state index in [9.17, 15) is 0 Å². The third-order valence-electron chi connectivity index (χ3n) is 4.17. The molecule has 0 aromatic carbocycles. The molecular weight excluding hydrogens is 194 g/mol. The van der Waals surface area contributed by atoms with E-state index in [1.807, 2.05) is 0 Å². The molecule has 0 aliphatic heterocycles. The standard InChI is InChI=1S/C15H31N/c1-3-4-5-6-7-8-9-11-15(16)12-10-14(2)13-15/h14H,3-13,16H2,1-2H3. The first kappa shape index (κ1) is 14.0. The third-order valence-corrected chi connectivity index (χ3v) is 4.17. The van der Waals surface area contributed by atoms with E-state index in [0.717, 1.165) is 5.92 Å². The van der Waals surface area contributed by atoms with Crippen LogP contribution in [0.25, 0.3) is 0 Å². The van der Waals surface area contributed by atoms with Crippen LogP contribution in [0.3, 0.4) is 0 Å². The maximum absolute atomic E-state index is 6.41. The van der Waals surface area contributed by atoms with Gasteiger partial charge in [-0.05, 0) is 31.6 Å². The summed E-state index contributed by atoms with van der Waals surface area (Å²) in [6.45, 7) is 4.62. The minimum Gasteiger partial charge on any atom is -0.325 e. The van der Waals surface area contributed by atoms with Gasteiger partial charge in [-0.1, -0.05) is 58.8 Å². The summed E-state index contributed by atoms with van der Waals surface area (Å²) in [7, 11) is 0. The molecule has 0 aromatic rings. The number of hydrogen-bond donors (Lipinski definition) is 1. The van der Waals surface area contributed by atoms with Crippen LogP contribution < -0.4 is 5.73 Å². The lowest BCUT2D eigenvalue weighted by atomic mass is 9.90. The van der Waals surface area contributed by atoms with Crippen LogP contribution in [-0.2, 0) is 0 Å². The van der Waals surface area contributed by atoms with Gasteiger partial charge >= 0.3 is 0 Å². The van der Waals surface area contributed by atoms with Crippen molar-refractivity contribution in [3.63, 3.8) is 0 Å². The van der Waals surface area contributed by atoms with Crippen molar-refractivity contribution in [2.45, 2.75) is 90.0 Å². The Bertz CT molecular complexity index is 178. The Kier molecular flexibility index (Phi) is 6.41. The van der Waals surface area contributed by atoms with Crippen LogP contribution in [-0.4, -0.2) is 5.54 Å². The molecule has 0 amide bonds. The van der Waals surface area contributed by atoms with E-state index in [1.54, 1.807) is 0 Å². The fourth-order valence-corrected chi connectivity index (χ4v) is 3.09. The van der Waals surface area contributed by atoms with Gasteiger partial charge in [0.15, 0.2) is 0 Å². The minimum atomic E-state index is 0.211. The van der Waals surface area contributed by atoms with Crippen LogP contribution in [0.1, 0.15) is 84.5 Å². The first-order valence-corrected chi connectivity index (χ1v) is 7.45. The first-order valence-electron chi connectivity index (χ1n) is 7.45. The highest BCUT2D eigenvalue weighted by Crippen LogP contribution is 2.35. The molecule has 1 rings (SSSR count). The summed E-state index contributed by atoms with van der Waals surface area (Å²) in [6, 6.07) is 0. The minimum absolute atomic E-state index is 0.211. The second-order valence-electron chi connectivity index (χ2n) is 6.08. The van der Waals surface area contributed by atoms with Gasteiger partial charge in [0, 0.05) is 5.54 Å². The Morgan fingerprint density at radius 1 is 1.06 bits per heavy atom. The van der Waals surface area contributed by atoms with Crippen molar-refractivity contribution in [3.8, 4) is 0 Å². The molecule has 0 heterocycles. The van der Waals surface area contributed by atoms with Crippen LogP contribution in [0, 0.1) is 5.92 Å². The second-order valence-corrected chi connectivity index (χ2v) is 6.08. The van der Waals surface area contributed by atoms with Crippen molar-refractivity contribution in [2.75, 3.05) is 0 Å². The molecule has 0 saturated heterocycles. The number of nitrogens with two attached hydrogens (primary N) is 1. The van der Waals surface area contributed by atoms with E-state index in [1.165, 1.54) is 70.6 Å². The Morgan fingerprint density at radius 3 is 2.25 bits per heavy atom. The number of hydrogen-bond acceptors (Lipinski definition) is 1. The molecule has 96 valence electrons. The average Bonchev–Trinajstić information content (AvgIpc) is 2.58. The van der Waals surface area contributed by atoms with Crippen LogP contribution >= 0.6 is 0 Å². The van der Waals surface area contributed by atoms with Crippen LogP contribution in [0.15, 0.2) is 0 Å². The molecule has 1 aliphatic carbocycles. The Hall–Kier alpha value is -0.0400. The summed E-state index contributed by atoms with van der Waals surface area (Å²) < 4.78 is 0. The van der Waals surface area contributed by atoms with Gasteiger partial charge in [-0.25, -0.2) is 0 Å². The monoisotopic (exact) mass is 225 g/mol. The van der Waals surface area contributed by atoms with Gasteiger partial charge in [-0.2, -0.15) is 0 Å². The molecule has 16 heavy (non-hydrogen) atoms. The lowest BCUT2D eigenvalue weighted by molar-refractivity contribution is 0.372. The van der Waals surface area contributed by atoms with Crippen molar-refractivity contribution in [1.82, 2.24) is 0 Å². The molecule has 1 aliphatic rings. The molecular formula is C15H31N. The van der Waals surface area contributed by atoms with Gasteiger partial charge in [-0.15, -0.1) is 0 Å². The summed E-state index contributed by atoms with van der Waals surface area (Å²) >= 11 is 0. The molecule has 1 fully saturated rings. The molecule has 1 nitrogen and oxygen atoms in total.